The normalized spacial score (nSPS) is 12.5. The summed E-state index contributed by atoms with van der Waals surface area (Å²) in [4.78, 5) is 4.36. The summed E-state index contributed by atoms with van der Waals surface area (Å²) in [5.74, 6) is 1.29. The van der Waals surface area contributed by atoms with E-state index in [1.165, 1.54) is 11.8 Å². The van der Waals surface area contributed by atoms with Crippen LogP contribution in [0.5, 0.6) is 0 Å². The minimum absolute atomic E-state index is 0.0216. The number of aromatic nitrogens is 5. The lowest BCUT2D eigenvalue weighted by Crippen LogP contribution is -1.98. The van der Waals surface area contributed by atoms with Crippen LogP contribution in [0.15, 0.2) is 34.2 Å². The molecule has 0 bridgehead atoms. The molecule has 23 heavy (non-hydrogen) atoms. The highest BCUT2D eigenvalue weighted by atomic mass is 35.5. The van der Waals surface area contributed by atoms with Crippen molar-refractivity contribution in [2.45, 2.75) is 37.6 Å². The van der Waals surface area contributed by atoms with Crippen molar-refractivity contribution in [1.29, 1.82) is 0 Å². The fourth-order valence-corrected chi connectivity index (χ4v) is 3.05. The first kappa shape index (κ1) is 16.0. The van der Waals surface area contributed by atoms with Crippen LogP contribution in [0.25, 0.3) is 5.69 Å². The van der Waals surface area contributed by atoms with E-state index in [2.05, 4.69) is 20.3 Å². The first-order valence-electron chi connectivity index (χ1n) is 7.24. The maximum atomic E-state index is 6.21. The van der Waals surface area contributed by atoms with E-state index in [4.69, 9.17) is 16.1 Å². The topological polar surface area (TPSA) is 69.6 Å². The van der Waals surface area contributed by atoms with Crippen LogP contribution in [0, 0.1) is 6.92 Å². The molecule has 3 rings (SSSR count). The molecular formula is C15H16ClN5OS. The number of rotatable bonds is 5. The van der Waals surface area contributed by atoms with Gasteiger partial charge < -0.3 is 4.52 Å². The van der Waals surface area contributed by atoms with Gasteiger partial charge in [0.2, 0.25) is 5.89 Å². The summed E-state index contributed by atoms with van der Waals surface area (Å²) in [5.41, 5.74) is 1.95. The van der Waals surface area contributed by atoms with Gasteiger partial charge in [0.25, 0.3) is 0 Å². The van der Waals surface area contributed by atoms with Gasteiger partial charge in [0.1, 0.15) is 6.33 Å². The van der Waals surface area contributed by atoms with Gasteiger partial charge in [-0.25, -0.2) is 0 Å². The average molecular weight is 350 g/mol. The lowest BCUT2D eigenvalue weighted by Gasteiger charge is -2.09. The van der Waals surface area contributed by atoms with E-state index in [9.17, 15) is 0 Å². The van der Waals surface area contributed by atoms with E-state index in [-0.39, 0.29) is 5.25 Å². The quantitative estimate of drug-likeness (QED) is 0.648. The predicted octanol–water partition coefficient (Wildman–Crippen LogP) is 4.03. The zero-order valence-corrected chi connectivity index (χ0v) is 14.6. The van der Waals surface area contributed by atoms with Crippen LogP contribution in [0.2, 0.25) is 5.02 Å². The summed E-state index contributed by atoms with van der Waals surface area (Å²) in [7, 11) is 0. The molecule has 0 amide bonds. The van der Waals surface area contributed by atoms with Crippen LogP contribution in [0.4, 0.5) is 0 Å². The zero-order chi connectivity index (χ0) is 16.4. The van der Waals surface area contributed by atoms with Crippen molar-refractivity contribution in [3.05, 3.63) is 46.8 Å². The smallest absolute Gasteiger partial charge is 0.239 e. The van der Waals surface area contributed by atoms with Gasteiger partial charge in [-0.1, -0.05) is 41.5 Å². The van der Waals surface area contributed by atoms with Crippen LogP contribution in [-0.2, 0) is 6.42 Å². The molecule has 2 aromatic heterocycles. The van der Waals surface area contributed by atoms with E-state index < -0.39 is 0 Å². The van der Waals surface area contributed by atoms with Gasteiger partial charge in [-0.15, -0.1) is 10.2 Å². The molecule has 0 aliphatic rings. The van der Waals surface area contributed by atoms with Crippen molar-refractivity contribution in [3.8, 4) is 5.69 Å². The zero-order valence-electron chi connectivity index (χ0n) is 13.0. The number of hydrogen-bond donors (Lipinski definition) is 0. The Morgan fingerprint density at radius 3 is 2.91 bits per heavy atom. The Kier molecular flexibility index (Phi) is 4.68. The molecule has 1 aromatic carbocycles. The van der Waals surface area contributed by atoms with E-state index in [0.29, 0.717) is 16.7 Å². The molecule has 0 spiro atoms. The van der Waals surface area contributed by atoms with Crippen LogP contribution in [0.1, 0.15) is 36.4 Å². The standard InChI is InChI=1S/C15H16ClN5OS/c1-4-13-18-14(22-20-13)10(3)23-15-19-17-8-21(15)11-6-5-9(2)12(16)7-11/h5-8,10H,4H2,1-3H3/t10-/m1/s1. The summed E-state index contributed by atoms with van der Waals surface area (Å²) >= 11 is 7.72. The van der Waals surface area contributed by atoms with Gasteiger partial charge in [0.15, 0.2) is 11.0 Å². The van der Waals surface area contributed by atoms with Crippen molar-refractivity contribution in [3.63, 3.8) is 0 Å². The fourth-order valence-electron chi connectivity index (χ4n) is 2.00. The summed E-state index contributed by atoms with van der Waals surface area (Å²) in [6.45, 7) is 5.96. The number of hydrogen-bond acceptors (Lipinski definition) is 6. The van der Waals surface area contributed by atoms with Crippen LogP contribution in [-0.4, -0.2) is 24.9 Å². The van der Waals surface area contributed by atoms with Gasteiger partial charge in [-0.2, -0.15) is 4.98 Å². The molecular weight excluding hydrogens is 334 g/mol. The number of thioether (sulfide) groups is 1. The second-order valence-corrected chi connectivity index (χ2v) is 6.79. The summed E-state index contributed by atoms with van der Waals surface area (Å²) in [6.07, 6.45) is 2.42. The van der Waals surface area contributed by atoms with Crippen LogP contribution < -0.4 is 0 Å². The molecule has 120 valence electrons. The van der Waals surface area contributed by atoms with E-state index in [0.717, 1.165) is 22.8 Å². The van der Waals surface area contributed by atoms with Crippen molar-refractivity contribution in [1.82, 2.24) is 24.9 Å². The molecule has 0 saturated heterocycles. The summed E-state index contributed by atoms with van der Waals surface area (Å²) in [5, 5.41) is 13.5. The Morgan fingerprint density at radius 2 is 2.22 bits per heavy atom. The SMILES string of the molecule is CCc1noc([C@@H](C)Sc2nncn2-c2ccc(C)c(Cl)c2)n1. The lowest BCUT2D eigenvalue weighted by molar-refractivity contribution is 0.375. The maximum Gasteiger partial charge on any atom is 0.239 e. The molecule has 2 heterocycles. The number of nitrogens with zero attached hydrogens (tertiary/aromatic N) is 5. The van der Waals surface area contributed by atoms with Gasteiger partial charge in [-0.3, -0.25) is 4.57 Å². The van der Waals surface area contributed by atoms with E-state index in [1.807, 2.05) is 43.5 Å². The Labute approximate surface area is 143 Å². The summed E-state index contributed by atoms with van der Waals surface area (Å²) < 4.78 is 7.18. The Balaban J connectivity index is 1.84. The molecule has 0 N–H and O–H groups in total. The van der Waals surface area contributed by atoms with Crippen LogP contribution in [0.3, 0.4) is 0 Å². The molecule has 0 aliphatic carbocycles. The van der Waals surface area contributed by atoms with Gasteiger partial charge in [-0.05, 0) is 31.5 Å². The first-order valence-corrected chi connectivity index (χ1v) is 8.50. The third-order valence-electron chi connectivity index (χ3n) is 3.38. The predicted molar refractivity (Wildman–Crippen MR) is 89.1 cm³/mol. The summed E-state index contributed by atoms with van der Waals surface area (Å²) in [6, 6.07) is 5.86. The largest absolute Gasteiger partial charge is 0.338 e. The van der Waals surface area contributed by atoms with Gasteiger partial charge >= 0.3 is 0 Å². The molecule has 8 heteroatoms. The van der Waals surface area contributed by atoms with Crippen molar-refractivity contribution < 1.29 is 4.52 Å². The van der Waals surface area contributed by atoms with E-state index >= 15 is 0 Å². The molecule has 1 atom stereocenters. The molecule has 3 aromatic rings. The molecule has 0 saturated carbocycles. The first-order chi connectivity index (χ1) is 11.1. The molecule has 0 unspecified atom stereocenters. The minimum Gasteiger partial charge on any atom is -0.338 e. The second kappa shape index (κ2) is 6.72. The van der Waals surface area contributed by atoms with Crippen molar-refractivity contribution in [2.75, 3.05) is 0 Å². The Morgan fingerprint density at radius 1 is 1.39 bits per heavy atom. The monoisotopic (exact) mass is 349 g/mol. The highest BCUT2D eigenvalue weighted by molar-refractivity contribution is 7.99. The average Bonchev–Trinajstić information content (AvgIpc) is 3.19. The lowest BCUT2D eigenvalue weighted by atomic mass is 10.2. The Hall–Kier alpha value is -1.86. The van der Waals surface area contributed by atoms with Gasteiger partial charge in [0, 0.05) is 11.4 Å². The van der Waals surface area contributed by atoms with Crippen molar-refractivity contribution in [2.24, 2.45) is 0 Å². The van der Waals surface area contributed by atoms with Gasteiger partial charge in [0.05, 0.1) is 10.9 Å². The highest BCUT2D eigenvalue weighted by Gasteiger charge is 2.19. The minimum atomic E-state index is -0.0216. The van der Waals surface area contributed by atoms with Crippen molar-refractivity contribution >= 4 is 23.4 Å². The third kappa shape index (κ3) is 3.40. The third-order valence-corrected chi connectivity index (χ3v) is 4.83. The molecule has 6 nitrogen and oxygen atoms in total. The second-order valence-electron chi connectivity index (χ2n) is 5.08. The fraction of sp³-hybridized carbons (Fsp3) is 0.333. The number of halogens is 1. The number of aryl methyl sites for hydroxylation is 2. The van der Waals surface area contributed by atoms with Crippen LogP contribution >= 0.6 is 23.4 Å². The highest BCUT2D eigenvalue weighted by Crippen LogP contribution is 2.34. The molecule has 0 radical (unpaired) electrons. The Bertz CT molecular complexity index is 816. The number of benzene rings is 1. The maximum absolute atomic E-state index is 6.21. The molecule has 0 fully saturated rings. The van der Waals surface area contributed by atoms with E-state index in [1.54, 1.807) is 6.33 Å². The molecule has 0 aliphatic heterocycles.